The molecule has 1 aliphatic heterocycles. The van der Waals surface area contributed by atoms with Gasteiger partial charge in [0.2, 0.25) is 0 Å². The van der Waals surface area contributed by atoms with Gasteiger partial charge in [0.15, 0.2) is 0 Å². The van der Waals surface area contributed by atoms with Crippen molar-refractivity contribution >= 4 is 29.0 Å². The summed E-state index contributed by atoms with van der Waals surface area (Å²) in [5.74, 6) is 1.64. The minimum Gasteiger partial charge on any atom is -0.387 e. The van der Waals surface area contributed by atoms with E-state index in [1.54, 1.807) is 11.8 Å². The maximum atomic E-state index is 12.0. The summed E-state index contributed by atoms with van der Waals surface area (Å²) < 4.78 is 0. The lowest BCUT2D eigenvalue weighted by Gasteiger charge is -2.21. The van der Waals surface area contributed by atoms with Crippen LogP contribution in [0.2, 0.25) is 0 Å². The van der Waals surface area contributed by atoms with E-state index in [1.165, 1.54) is 11.3 Å². The van der Waals surface area contributed by atoms with E-state index in [0.29, 0.717) is 6.54 Å². The Morgan fingerprint density at radius 3 is 3.12 bits per heavy atom. The van der Waals surface area contributed by atoms with Gasteiger partial charge < -0.3 is 10.4 Å². The van der Waals surface area contributed by atoms with Crippen LogP contribution in [0.4, 0.5) is 0 Å². The van der Waals surface area contributed by atoms with Crippen LogP contribution in [0.3, 0.4) is 0 Å². The van der Waals surface area contributed by atoms with Gasteiger partial charge in [-0.05, 0) is 35.6 Å². The van der Waals surface area contributed by atoms with Crippen LogP contribution < -0.4 is 5.32 Å². The van der Waals surface area contributed by atoms with E-state index >= 15 is 0 Å². The number of amides is 1. The van der Waals surface area contributed by atoms with Gasteiger partial charge in [-0.3, -0.25) is 4.79 Å². The van der Waals surface area contributed by atoms with Crippen LogP contribution in [0.5, 0.6) is 0 Å². The Hall–Kier alpha value is -0.520. The van der Waals surface area contributed by atoms with Crippen molar-refractivity contribution in [2.75, 3.05) is 18.1 Å². The first-order valence-corrected chi connectivity index (χ1v) is 7.83. The second-order valence-corrected chi connectivity index (χ2v) is 6.36. The molecule has 2 N–H and O–H groups in total. The Kier molecular flexibility index (Phi) is 4.12. The van der Waals surface area contributed by atoms with Crippen LogP contribution in [0.1, 0.15) is 28.6 Å². The molecule has 0 aliphatic carbocycles. The van der Waals surface area contributed by atoms with Crippen LogP contribution in [-0.2, 0) is 6.42 Å². The van der Waals surface area contributed by atoms with Gasteiger partial charge in [-0.2, -0.15) is 11.8 Å². The molecule has 0 saturated carbocycles. The van der Waals surface area contributed by atoms with Crippen LogP contribution >= 0.6 is 23.1 Å². The predicted molar refractivity (Wildman–Crippen MR) is 72.9 cm³/mol. The topological polar surface area (TPSA) is 49.3 Å². The van der Waals surface area contributed by atoms with E-state index in [1.807, 2.05) is 18.4 Å². The summed E-state index contributed by atoms with van der Waals surface area (Å²) >= 11 is 3.20. The van der Waals surface area contributed by atoms with Gasteiger partial charge >= 0.3 is 0 Å². The summed E-state index contributed by atoms with van der Waals surface area (Å²) in [6, 6.07) is 1.99. The number of aliphatic hydroxyl groups is 1. The SMILES string of the molecule is CCc1ccsc1C(=O)NCC1(O)CCSC1. The first kappa shape index (κ1) is 12.9. The van der Waals surface area contributed by atoms with Crippen LogP contribution in [0, 0.1) is 0 Å². The van der Waals surface area contributed by atoms with Gasteiger partial charge in [0.25, 0.3) is 5.91 Å². The summed E-state index contributed by atoms with van der Waals surface area (Å²) in [4.78, 5) is 12.7. The molecule has 1 aromatic heterocycles. The molecule has 0 bridgehead atoms. The largest absolute Gasteiger partial charge is 0.387 e. The molecule has 17 heavy (non-hydrogen) atoms. The van der Waals surface area contributed by atoms with Crippen molar-refractivity contribution in [3.63, 3.8) is 0 Å². The van der Waals surface area contributed by atoms with Crippen LogP contribution in [0.25, 0.3) is 0 Å². The van der Waals surface area contributed by atoms with Gasteiger partial charge in [0.05, 0.1) is 10.5 Å². The third-order valence-electron chi connectivity index (χ3n) is 2.99. The van der Waals surface area contributed by atoms with Crippen molar-refractivity contribution in [1.82, 2.24) is 5.32 Å². The summed E-state index contributed by atoms with van der Waals surface area (Å²) in [5.41, 5.74) is 0.379. The highest BCUT2D eigenvalue weighted by Crippen LogP contribution is 2.27. The van der Waals surface area contributed by atoms with Gasteiger partial charge in [-0.1, -0.05) is 6.92 Å². The Morgan fingerprint density at radius 1 is 1.65 bits per heavy atom. The van der Waals surface area contributed by atoms with E-state index in [4.69, 9.17) is 0 Å². The van der Waals surface area contributed by atoms with Crippen molar-refractivity contribution in [3.05, 3.63) is 21.9 Å². The molecule has 1 aromatic rings. The number of carbonyl (C=O) groups is 1. The average molecular weight is 271 g/mol. The molecule has 2 rings (SSSR count). The lowest BCUT2D eigenvalue weighted by atomic mass is 10.0. The second-order valence-electron chi connectivity index (χ2n) is 4.34. The van der Waals surface area contributed by atoms with Gasteiger partial charge in [0.1, 0.15) is 0 Å². The molecule has 2 heterocycles. The highest BCUT2D eigenvalue weighted by molar-refractivity contribution is 7.99. The lowest BCUT2D eigenvalue weighted by Crippen LogP contribution is -2.42. The monoisotopic (exact) mass is 271 g/mol. The van der Waals surface area contributed by atoms with E-state index in [-0.39, 0.29) is 5.91 Å². The van der Waals surface area contributed by atoms with E-state index < -0.39 is 5.60 Å². The standard InChI is InChI=1S/C12H17NO2S2/c1-2-9-3-5-17-10(9)11(14)13-7-12(15)4-6-16-8-12/h3,5,15H,2,4,6-8H2,1H3,(H,13,14). The molecule has 1 aliphatic rings. The average Bonchev–Trinajstić information content (AvgIpc) is 2.95. The quantitative estimate of drug-likeness (QED) is 0.879. The fraction of sp³-hybridized carbons (Fsp3) is 0.583. The van der Waals surface area contributed by atoms with Gasteiger partial charge in [-0.25, -0.2) is 0 Å². The number of rotatable bonds is 4. The maximum Gasteiger partial charge on any atom is 0.261 e. The minimum atomic E-state index is -0.704. The molecule has 0 radical (unpaired) electrons. The zero-order valence-corrected chi connectivity index (χ0v) is 11.5. The minimum absolute atomic E-state index is 0.0535. The summed E-state index contributed by atoms with van der Waals surface area (Å²) in [5, 5.41) is 14.9. The molecule has 1 unspecified atom stereocenters. The molecule has 0 aromatic carbocycles. The number of carbonyl (C=O) groups excluding carboxylic acids is 1. The number of hydrogen-bond acceptors (Lipinski definition) is 4. The zero-order valence-electron chi connectivity index (χ0n) is 9.86. The number of thiophene rings is 1. The normalized spacial score (nSPS) is 23.9. The van der Waals surface area contributed by atoms with Crippen molar-refractivity contribution in [2.45, 2.75) is 25.4 Å². The molecule has 1 amide bonds. The third-order valence-corrected chi connectivity index (χ3v) is 5.18. The number of hydrogen-bond donors (Lipinski definition) is 2. The van der Waals surface area contributed by atoms with Crippen LogP contribution in [-0.4, -0.2) is 34.7 Å². The molecule has 1 saturated heterocycles. The summed E-state index contributed by atoms with van der Waals surface area (Å²) in [6.07, 6.45) is 1.63. The Bertz CT molecular complexity index is 397. The summed E-state index contributed by atoms with van der Waals surface area (Å²) in [6.45, 7) is 2.40. The lowest BCUT2D eigenvalue weighted by molar-refractivity contribution is 0.0614. The highest BCUT2D eigenvalue weighted by Gasteiger charge is 2.32. The van der Waals surface area contributed by atoms with Crippen molar-refractivity contribution in [1.29, 1.82) is 0 Å². The van der Waals surface area contributed by atoms with Crippen molar-refractivity contribution < 1.29 is 9.90 Å². The molecule has 1 fully saturated rings. The summed E-state index contributed by atoms with van der Waals surface area (Å²) in [7, 11) is 0. The first-order valence-electron chi connectivity index (χ1n) is 5.79. The zero-order chi connectivity index (χ0) is 12.3. The van der Waals surface area contributed by atoms with E-state index in [2.05, 4.69) is 5.32 Å². The van der Waals surface area contributed by atoms with E-state index in [0.717, 1.165) is 34.8 Å². The van der Waals surface area contributed by atoms with Crippen LogP contribution in [0.15, 0.2) is 11.4 Å². The Morgan fingerprint density at radius 2 is 2.47 bits per heavy atom. The smallest absolute Gasteiger partial charge is 0.261 e. The second kappa shape index (κ2) is 5.42. The maximum absolute atomic E-state index is 12.0. The fourth-order valence-corrected chi connectivity index (χ4v) is 4.08. The number of aryl methyl sites for hydroxylation is 1. The molecule has 3 nitrogen and oxygen atoms in total. The van der Waals surface area contributed by atoms with Gasteiger partial charge in [0, 0.05) is 12.3 Å². The highest BCUT2D eigenvalue weighted by atomic mass is 32.2. The molecular weight excluding hydrogens is 254 g/mol. The molecule has 94 valence electrons. The third kappa shape index (κ3) is 3.03. The molecule has 1 atom stereocenters. The van der Waals surface area contributed by atoms with Gasteiger partial charge in [-0.15, -0.1) is 11.3 Å². The Labute approximate surface area is 110 Å². The molecule has 0 spiro atoms. The van der Waals surface area contributed by atoms with E-state index in [9.17, 15) is 9.90 Å². The predicted octanol–water partition coefficient (Wildman–Crippen LogP) is 1.91. The molecule has 5 heteroatoms. The molecular formula is C12H17NO2S2. The number of nitrogens with one attached hydrogen (secondary N) is 1. The Balaban J connectivity index is 1.93. The number of thioether (sulfide) groups is 1. The van der Waals surface area contributed by atoms with Crippen molar-refractivity contribution in [2.24, 2.45) is 0 Å². The van der Waals surface area contributed by atoms with Crippen molar-refractivity contribution in [3.8, 4) is 0 Å². The fourth-order valence-electron chi connectivity index (χ4n) is 1.87. The first-order chi connectivity index (χ1) is 8.14.